The normalized spacial score (nSPS) is 16.3. The number of ether oxygens (including phenoxy) is 2. The van der Waals surface area contributed by atoms with Gasteiger partial charge in [-0.25, -0.2) is 0 Å². The molecule has 0 aromatic heterocycles. The van der Waals surface area contributed by atoms with E-state index in [0.29, 0.717) is 30.9 Å². The first-order valence-electron chi connectivity index (χ1n) is 13.8. The lowest BCUT2D eigenvalue weighted by Crippen LogP contribution is -2.31. The molecule has 1 amide bonds. The summed E-state index contributed by atoms with van der Waals surface area (Å²) < 4.78 is 11.0. The molecule has 3 aromatic carbocycles. The summed E-state index contributed by atoms with van der Waals surface area (Å²) in [5.74, 6) is -0.0445. The van der Waals surface area contributed by atoms with E-state index in [0.717, 1.165) is 41.8 Å². The van der Waals surface area contributed by atoms with E-state index in [1.54, 1.807) is 36.3 Å². The molecule has 1 aliphatic rings. The van der Waals surface area contributed by atoms with Crippen molar-refractivity contribution in [1.82, 2.24) is 4.90 Å². The molecule has 1 atom stereocenters. The number of likely N-dealkylation sites (tertiary alicyclic amines) is 1. The number of nitrogens with zero attached hydrogens (tertiary/aromatic N) is 2. The van der Waals surface area contributed by atoms with E-state index in [-0.39, 0.29) is 11.3 Å². The summed E-state index contributed by atoms with van der Waals surface area (Å²) in [5.41, 5.74) is 3.32. The zero-order chi connectivity index (χ0) is 28.6. The largest absolute Gasteiger partial charge is 0.507 e. The molecule has 3 aromatic rings. The molecular weight excluding hydrogens is 504 g/mol. The minimum Gasteiger partial charge on any atom is -0.507 e. The number of hydrogen-bond acceptors (Lipinski definition) is 6. The van der Waals surface area contributed by atoms with E-state index in [2.05, 4.69) is 6.92 Å². The van der Waals surface area contributed by atoms with Crippen LogP contribution in [0.5, 0.6) is 11.5 Å². The van der Waals surface area contributed by atoms with Gasteiger partial charge in [0, 0.05) is 31.9 Å². The van der Waals surface area contributed by atoms with Gasteiger partial charge < -0.3 is 24.4 Å². The average molecular weight is 543 g/mol. The maximum absolute atomic E-state index is 13.4. The Kier molecular flexibility index (Phi) is 9.48. The Morgan fingerprint density at radius 1 is 0.900 bits per heavy atom. The predicted molar refractivity (Wildman–Crippen MR) is 158 cm³/mol. The molecule has 1 fully saturated rings. The molecule has 1 saturated heterocycles. The first-order chi connectivity index (χ1) is 19.3. The molecule has 7 nitrogen and oxygen atoms in total. The fraction of sp³-hybridized carbons (Fsp3) is 0.333. The summed E-state index contributed by atoms with van der Waals surface area (Å²) in [7, 11) is 5.52. The van der Waals surface area contributed by atoms with Crippen LogP contribution >= 0.6 is 0 Å². The summed E-state index contributed by atoms with van der Waals surface area (Å²) in [6.07, 6.45) is 3.75. The molecule has 4 rings (SSSR count). The zero-order valence-corrected chi connectivity index (χ0v) is 23.7. The second kappa shape index (κ2) is 13.2. The van der Waals surface area contributed by atoms with Crippen LogP contribution in [0.3, 0.4) is 0 Å². The molecule has 0 saturated carbocycles. The highest BCUT2D eigenvalue weighted by Gasteiger charge is 2.45. The number of aliphatic hydroxyl groups is 1. The van der Waals surface area contributed by atoms with Gasteiger partial charge in [-0.05, 0) is 72.5 Å². The SMILES string of the molecule is CCCCCOc1ccc(/C(O)=C2/C(=O)C(=O)N(CCc3ccc(OC)cc3)C2c2ccc(N(C)C)cc2)cc1. The molecule has 0 spiro atoms. The van der Waals surface area contributed by atoms with Crippen molar-refractivity contribution in [2.75, 3.05) is 39.3 Å². The number of anilines is 1. The fourth-order valence-corrected chi connectivity index (χ4v) is 4.86. The number of aliphatic hydroxyl groups excluding tert-OH is 1. The Labute approximate surface area is 236 Å². The van der Waals surface area contributed by atoms with Gasteiger partial charge in [-0.2, -0.15) is 0 Å². The molecule has 7 heteroatoms. The lowest BCUT2D eigenvalue weighted by atomic mass is 9.95. The maximum Gasteiger partial charge on any atom is 0.295 e. The lowest BCUT2D eigenvalue weighted by molar-refractivity contribution is -0.139. The standard InChI is InChI=1S/C33H38N2O5/c1-5-6-7-22-40-28-18-12-25(13-19-28)31(36)29-30(24-10-14-26(15-11-24)34(2)3)35(33(38)32(29)37)21-20-23-8-16-27(39-4)17-9-23/h8-19,30,36H,5-7,20-22H2,1-4H3/b31-29-. The van der Waals surface area contributed by atoms with Gasteiger partial charge in [-0.15, -0.1) is 0 Å². The van der Waals surface area contributed by atoms with Crippen molar-refractivity contribution in [1.29, 1.82) is 0 Å². The molecule has 0 bridgehead atoms. The van der Waals surface area contributed by atoms with Crippen LogP contribution in [-0.2, 0) is 16.0 Å². The van der Waals surface area contributed by atoms with Gasteiger partial charge in [-0.1, -0.05) is 44.0 Å². The molecule has 1 unspecified atom stereocenters. The molecule has 1 aliphatic heterocycles. The monoisotopic (exact) mass is 542 g/mol. The van der Waals surface area contributed by atoms with Crippen LogP contribution in [0.15, 0.2) is 78.4 Å². The summed E-state index contributed by atoms with van der Waals surface area (Å²) in [5, 5.41) is 11.4. The highest BCUT2D eigenvalue weighted by atomic mass is 16.5. The number of carbonyl (C=O) groups excluding carboxylic acids is 2. The molecule has 1 heterocycles. The molecule has 40 heavy (non-hydrogen) atoms. The second-order valence-corrected chi connectivity index (χ2v) is 10.2. The van der Waals surface area contributed by atoms with E-state index in [9.17, 15) is 14.7 Å². The number of hydrogen-bond donors (Lipinski definition) is 1. The number of Topliss-reactive ketones (excluding diaryl/α,β-unsaturated/α-hetero) is 1. The third kappa shape index (κ3) is 6.47. The molecule has 0 radical (unpaired) electrons. The highest BCUT2D eigenvalue weighted by Crippen LogP contribution is 2.40. The molecule has 210 valence electrons. The number of benzene rings is 3. The van der Waals surface area contributed by atoms with Gasteiger partial charge in [0.15, 0.2) is 0 Å². The zero-order valence-electron chi connectivity index (χ0n) is 23.7. The first-order valence-corrected chi connectivity index (χ1v) is 13.8. The Bertz CT molecular complexity index is 1330. The Morgan fingerprint density at radius 3 is 2.15 bits per heavy atom. The third-order valence-electron chi connectivity index (χ3n) is 7.21. The summed E-state index contributed by atoms with van der Waals surface area (Å²) in [6.45, 7) is 3.09. The minimum absolute atomic E-state index is 0.0916. The van der Waals surface area contributed by atoms with Crippen LogP contribution < -0.4 is 14.4 Å². The van der Waals surface area contributed by atoms with Crippen molar-refractivity contribution in [3.05, 3.63) is 95.1 Å². The third-order valence-corrected chi connectivity index (χ3v) is 7.21. The number of rotatable bonds is 12. The van der Waals surface area contributed by atoms with Gasteiger partial charge in [0.25, 0.3) is 11.7 Å². The Balaban J connectivity index is 1.66. The summed E-state index contributed by atoms with van der Waals surface area (Å²) in [6, 6.07) is 21.7. The van der Waals surface area contributed by atoms with Crippen LogP contribution in [0.25, 0.3) is 5.76 Å². The van der Waals surface area contributed by atoms with Crippen LogP contribution in [0.1, 0.15) is 48.9 Å². The van der Waals surface area contributed by atoms with Crippen molar-refractivity contribution in [2.24, 2.45) is 0 Å². The predicted octanol–water partition coefficient (Wildman–Crippen LogP) is 5.99. The minimum atomic E-state index is -0.709. The van der Waals surface area contributed by atoms with Crippen LogP contribution in [-0.4, -0.2) is 56.1 Å². The average Bonchev–Trinajstić information content (AvgIpc) is 3.23. The first kappa shape index (κ1) is 28.7. The number of amides is 1. The van der Waals surface area contributed by atoms with Crippen molar-refractivity contribution in [3.63, 3.8) is 0 Å². The lowest BCUT2D eigenvalue weighted by Gasteiger charge is -2.26. The van der Waals surface area contributed by atoms with E-state index < -0.39 is 17.7 Å². The number of unbranched alkanes of at least 4 members (excludes halogenated alkanes) is 2. The van der Waals surface area contributed by atoms with Gasteiger partial charge in [-0.3, -0.25) is 9.59 Å². The van der Waals surface area contributed by atoms with Crippen LogP contribution in [0.2, 0.25) is 0 Å². The van der Waals surface area contributed by atoms with Crippen molar-refractivity contribution < 1.29 is 24.2 Å². The van der Waals surface area contributed by atoms with Crippen LogP contribution in [0, 0.1) is 0 Å². The van der Waals surface area contributed by atoms with Crippen LogP contribution in [0.4, 0.5) is 5.69 Å². The van der Waals surface area contributed by atoms with Crippen molar-refractivity contribution >= 4 is 23.1 Å². The van der Waals surface area contributed by atoms with Crippen molar-refractivity contribution in [2.45, 2.75) is 38.6 Å². The number of methoxy groups -OCH3 is 1. The van der Waals surface area contributed by atoms with E-state index in [4.69, 9.17) is 9.47 Å². The van der Waals surface area contributed by atoms with E-state index in [1.807, 2.05) is 67.5 Å². The quantitative estimate of drug-likeness (QED) is 0.131. The molecular formula is C33H38N2O5. The summed E-state index contributed by atoms with van der Waals surface area (Å²) in [4.78, 5) is 30.3. The smallest absolute Gasteiger partial charge is 0.295 e. The Hall–Kier alpha value is -4.26. The number of ketones is 1. The Morgan fingerprint density at radius 2 is 1.55 bits per heavy atom. The van der Waals surface area contributed by atoms with Gasteiger partial charge in [0.2, 0.25) is 0 Å². The van der Waals surface area contributed by atoms with E-state index >= 15 is 0 Å². The fourth-order valence-electron chi connectivity index (χ4n) is 4.86. The summed E-state index contributed by atoms with van der Waals surface area (Å²) >= 11 is 0. The van der Waals surface area contributed by atoms with Gasteiger partial charge >= 0.3 is 0 Å². The topological polar surface area (TPSA) is 79.3 Å². The van der Waals surface area contributed by atoms with E-state index in [1.165, 1.54) is 0 Å². The maximum atomic E-state index is 13.4. The second-order valence-electron chi connectivity index (χ2n) is 10.2. The molecule has 0 aliphatic carbocycles. The highest BCUT2D eigenvalue weighted by molar-refractivity contribution is 6.46. The van der Waals surface area contributed by atoms with Gasteiger partial charge in [0.05, 0.1) is 25.3 Å². The molecule has 1 N–H and O–H groups in total. The number of carbonyl (C=O) groups is 2. The van der Waals surface area contributed by atoms with Gasteiger partial charge in [0.1, 0.15) is 17.3 Å². The van der Waals surface area contributed by atoms with Crippen molar-refractivity contribution in [3.8, 4) is 11.5 Å².